The van der Waals surface area contributed by atoms with Crippen molar-refractivity contribution >= 4 is 17.7 Å². The van der Waals surface area contributed by atoms with Gasteiger partial charge in [-0.2, -0.15) is 0 Å². The second kappa shape index (κ2) is 9.17. The largest absolute Gasteiger partial charge is 0.456 e. The van der Waals surface area contributed by atoms with E-state index in [4.69, 9.17) is 9.47 Å². The van der Waals surface area contributed by atoms with Gasteiger partial charge in [0, 0.05) is 18.7 Å². The number of rotatable bonds is 2. The Balaban J connectivity index is 0.000000590. The normalized spacial score (nSPS) is 10.9. The summed E-state index contributed by atoms with van der Waals surface area (Å²) in [7, 11) is 1.54. The summed E-state index contributed by atoms with van der Waals surface area (Å²) in [6, 6.07) is 4.30. The lowest BCUT2D eigenvalue weighted by Gasteiger charge is -2.19. The van der Waals surface area contributed by atoms with E-state index in [9.17, 15) is 19.7 Å². The van der Waals surface area contributed by atoms with Crippen molar-refractivity contribution in [1.82, 2.24) is 5.32 Å². The molecule has 1 N–H and O–H groups in total. The van der Waals surface area contributed by atoms with Crippen LogP contribution in [0.25, 0.3) is 0 Å². The van der Waals surface area contributed by atoms with Gasteiger partial charge in [-0.05, 0) is 54.5 Å². The molecule has 0 bridgehead atoms. The number of amides is 1. The average molecular weight is 368 g/mol. The number of carbonyl (C=O) groups is 2. The van der Waals surface area contributed by atoms with Crippen LogP contribution in [-0.2, 0) is 9.47 Å². The van der Waals surface area contributed by atoms with Gasteiger partial charge in [0.25, 0.3) is 5.69 Å². The van der Waals surface area contributed by atoms with Crippen LogP contribution >= 0.6 is 0 Å². The second-order valence-corrected chi connectivity index (χ2v) is 7.51. The van der Waals surface area contributed by atoms with Gasteiger partial charge in [0.1, 0.15) is 11.2 Å². The van der Waals surface area contributed by atoms with Crippen molar-refractivity contribution in [3.05, 3.63) is 39.4 Å². The number of nitrogens with one attached hydrogen (secondary N) is 1. The van der Waals surface area contributed by atoms with Gasteiger partial charge in [0.2, 0.25) is 0 Å². The second-order valence-electron chi connectivity index (χ2n) is 7.51. The Morgan fingerprint density at radius 1 is 1.04 bits per heavy atom. The van der Waals surface area contributed by atoms with E-state index in [0.29, 0.717) is 5.56 Å². The third-order valence-electron chi connectivity index (χ3n) is 2.64. The molecule has 0 aliphatic heterocycles. The fourth-order valence-electron chi connectivity index (χ4n) is 1.60. The lowest BCUT2D eigenvalue weighted by Crippen LogP contribution is -2.30. The van der Waals surface area contributed by atoms with Crippen LogP contribution in [-0.4, -0.2) is 35.2 Å². The molecule has 8 heteroatoms. The van der Waals surface area contributed by atoms with E-state index in [-0.39, 0.29) is 22.9 Å². The van der Waals surface area contributed by atoms with Gasteiger partial charge in [0.05, 0.1) is 10.5 Å². The number of hydrogen-bond acceptors (Lipinski definition) is 6. The molecule has 0 fully saturated rings. The summed E-state index contributed by atoms with van der Waals surface area (Å²) < 4.78 is 9.97. The summed E-state index contributed by atoms with van der Waals surface area (Å²) in [6.07, 6.45) is -0.387. The fraction of sp³-hybridized carbons (Fsp3) is 0.556. The molecule has 0 atom stereocenters. The molecule has 26 heavy (non-hydrogen) atoms. The number of alkyl carbamates (subject to hydrolysis) is 1. The van der Waals surface area contributed by atoms with E-state index < -0.39 is 16.5 Å². The molecule has 0 saturated carbocycles. The van der Waals surface area contributed by atoms with Crippen LogP contribution in [0.5, 0.6) is 0 Å². The molecule has 1 aromatic rings. The van der Waals surface area contributed by atoms with Crippen molar-refractivity contribution in [3.8, 4) is 0 Å². The van der Waals surface area contributed by atoms with Gasteiger partial charge in [-0.25, -0.2) is 9.59 Å². The van der Waals surface area contributed by atoms with E-state index in [0.717, 1.165) is 0 Å². The number of nitro benzene ring substituents is 1. The van der Waals surface area contributed by atoms with Crippen LogP contribution in [0.15, 0.2) is 18.2 Å². The zero-order valence-corrected chi connectivity index (χ0v) is 16.6. The van der Waals surface area contributed by atoms with Crippen molar-refractivity contribution in [1.29, 1.82) is 0 Å². The van der Waals surface area contributed by atoms with Crippen LogP contribution in [0, 0.1) is 17.0 Å². The molecule has 0 unspecified atom stereocenters. The highest BCUT2D eigenvalue weighted by Gasteiger charge is 2.20. The number of esters is 1. The number of nitrogens with zero attached hydrogens (tertiary/aromatic N) is 1. The Labute approximate surface area is 154 Å². The number of hydrogen-bond donors (Lipinski definition) is 1. The Kier molecular flexibility index (Phi) is 8.24. The minimum Gasteiger partial charge on any atom is -0.456 e. The maximum Gasteiger partial charge on any atom is 0.407 e. The summed E-state index contributed by atoms with van der Waals surface area (Å²) in [6.45, 7) is 12.3. The van der Waals surface area contributed by atoms with Gasteiger partial charge in [-0.3, -0.25) is 10.1 Å². The summed E-state index contributed by atoms with van der Waals surface area (Å²) in [5.41, 5.74) is -0.371. The van der Waals surface area contributed by atoms with Gasteiger partial charge < -0.3 is 14.8 Å². The maximum atomic E-state index is 11.7. The van der Waals surface area contributed by atoms with Crippen LogP contribution in [0.2, 0.25) is 0 Å². The van der Waals surface area contributed by atoms with Crippen molar-refractivity contribution in [3.63, 3.8) is 0 Å². The van der Waals surface area contributed by atoms with Gasteiger partial charge in [-0.15, -0.1) is 0 Å². The lowest BCUT2D eigenvalue weighted by molar-refractivity contribution is -0.385. The fourth-order valence-corrected chi connectivity index (χ4v) is 1.60. The first-order chi connectivity index (χ1) is 11.7. The van der Waals surface area contributed by atoms with E-state index in [1.165, 1.54) is 25.2 Å². The average Bonchev–Trinajstić information content (AvgIpc) is 2.44. The van der Waals surface area contributed by atoms with Gasteiger partial charge in [-0.1, -0.05) is 6.07 Å². The summed E-state index contributed by atoms with van der Waals surface area (Å²) in [5, 5.41) is 13.1. The van der Waals surface area contributed by atoms with E-state index >= 15 is 0 Å². The summed E-state index contributed by atoms with van der Waals surface area (Å²) in [4.78, 5) is 32.4. The first-order valence-corrected chi connectivity index (χ1v) is 8.05. The monoisotopic (exact) mass is 368 g/mol. The Morgan fingerprint density at radius 2 is 1.54 bits per heavy atom. The van der Waals surface area contributed by atoms with Crippen molar-refractivity contribution in [2.24, 2.45) is 0 Å². The highest BCUT2D eigenvalue weighted by Crippen LogP contribution is 2.21. The van der Waals surface area contributed by atoms with Gasteiger partial charge >= 0.3 is 12.1 Å². The van der Waals surface area contributed by atoms with E-state index in [2.05, 4.69) is 5.32 Å². The maximum absolute atomic E-state index is 11.7. The molecule has 1 amide bonds. The Bertz CT molecular complexity index is 657. The van der Waals surface area contributed by atoms with Crippen molar-refractivity contribution in [2.45, 2.75) is 59.7 Å². The van der Waals surface area contributed by atoms with Crippen LogP contribution < -0.4 is 5.32 Å². The van der Waals surface area contributed by atoms with Gasteiger partial charge in [0.15, 0.2) is 0 Å². The summed E-state index contributed by atoms with van der Waals surface area (Å²) in [5.74, 6) is -0.555. The highest BCUT2D eigenvalue weighted by atomic mass is 16.6. The minimum absolute atomic E-state index is 0.0756. The molecule has 1 aromatic carbocycles. The number of ether oxygens (including phenoxy) is 2. The molecular weight excluding hydrogens is 340 g/mol. The number of carbonyl (C=O) groups excluding carboxylic acids is 2. The molecule has 0 aromatic heterocycles. The quantitative estimate of drug-likeness (QED) is 0.480. The van der Waals surface area contributed by atoms with E-state index in [1.54, 1.807) is 27.7 Å². The number of nitro groups is 1. The third kappa shape index (κ3) is 9.61. The molecule has 0 aliphatic rings. The molecule has 0 radical (unpaired) electrons. The predicted octanol–water partition coefficient (Wildman–Crippen LogP) is 4.00. The first-order valence-electron chi connectivity index (χ1n) is 8.05. The van der Waals surface area contributed by atoms with E-state index in [1.807, 2.05) is 20.8 Å². The molecule has 0 aliphatic carbocycles. The smallest absolute Gasteiger partial charge is 0.407 e. The molecule has 0 spiro atoms. The topological polar surface area (TPSA) is 108 Å². The Hall–Kier alpha value is -2.64. The van der Waals surface area contributed by atoms with Crippen LogP contribution in [0.3, 0.4) is 0 Å². The lowest BCUT2D eigenvalue weighted by atomic mass is 10.1. The molecule has 1 rings (SSSR count). The molecule has 8 nitrogen and oxygen atoms in total. The van der Waals surface area contributed by atoms with Crippen LogP contribution in [0.1, 0.15) is 57.5 Å². The highest BCUT2D eigenvalue weighted by molar-refractivity contribution is 5.90. The standard InChI is InChI=1S/C12H15NO4.C6H13NO2/c1-8-5-6-9(7-10(8)13(15)16)11(14)17-12(2,3)4;1-6(2,3)9-5(8)7-4/h5-7H,1-4H3;1-4H3,(H,7,8). The van der Waals surface area contributed by atoms with Crippen molar-refractivity contribution in [2.75, 3.05) is 7.05 Å². The predicted molar refractivity (Wildman–Crippen MR) is 98.3 cm³/mol. The number of benzene rings is 1. The van der Waals surface area contributed by atoms with Crippen LogP contribution in [0.4, 0.5) is 10.5 Å². The third-order valence-corrected chi connectivity index (χ3v) is 2.64. The summed E-state index contributed by atoms with van der Waals surface area (Å²) >= 11 is 0. The SMILES string of the molecule is CNC(=O)OC(C)(C)C.Cc1ccc(C(=O)OC(C)(C)C)cc1[N+](=O)[O-]. The molecule has 146 valence electrons. The molecule has 0 saturated heterocycles. The molecular formula is C18H28N2O6. The zero-order valence-electron chi connectivity index (χ0n) is 16.6. The Morgan fingerprint density at radius 3 is 1.88 bits per heavy atom. The number of aryl methyl sites for hydroxylation is 1. The molecule has 0 heterocycles. The minimum atomic E-state index is -0.614. The van der Waals surface area contributed by atoms with Crippen molar-refractivity contribution < 1.29 is 24.0 Å². The first kappa shape index (κ1) is 23.4. The zero-order chi connectivity index (χ0) is 20.7.